The van der Waals surface area contributed by atoms with Gasteiger partial charge in [-0.15, -0.1) is 0 Å². The fourth-order valence-electron chi connectivity index (χ4n) is 3.21. The molecule has 0 saturated heterocycles. The van der Waals surface area contributed by atoms with Crippen molar-refractivity contribution in [3.63, 3.8) is 0 Å². The second kappa shape index (κ2) is 8.81. The summed E-state index contributed by atoms with van der Waals surface area (Å²) in [7, 11) is 0. The van der Waals surface area contributed by atoms with Crippen molar-refractivity contribution in [2.45, 2.75) is 46.6 Å². The zero-order valence-electron chi connectivity index (χ0n) is 17.1. The number of ether oxygens (including phenoxy) is 1. The van der Waals surface area contributed by atoms with E-state index in [0.717, 1.165) is 28.8 Å². The number of aromatic nitrogens is 4. The molecule has 0 saturated carbocycles. The van der Waals surface area contributed by atoms with Gasteiger partial charge in [-0.25, -0.2) is 9.50 Å². The Morgan fingerprint density at radius 3 is 2.59 bits per heavy atom. The minimum Gasteiger partial charge on any atom is -0.455 e. The van der Waals surface area contributed by atoms with Crippen molar-refractivity contribution in [3.8, 4) is 0 Å². The Kier molecular flexibility index (Phi) is 6.21. The zero-order chi connectivity index (χ0) is 21.0. The third-order valence-electron chi connectivity index (χ3n) is 4.90. The van der Waals surface area contributed by atoms with E-state index in [2.05, 4.69) is 20.4 Å². The van der Waals surface area contributed by atoms with E-state index in [-0.39, 0.29) is 25.0 Å². The van der Waals surface area contributed by atoms with Gasteiger partial charge in [-0.05, 0) is 32.8 Å². The van der Waals surface area contributed by atoms with Gasteiger partial charge in [0.2, 0.25) is 0 Å². The fourth-order valence-corrected chi connectivity index (χ4v) is 3.21. The van der Waals surface area contributed by atoms with Crippen LogP contribution in [0, 0.1) is 20.8 Å². The molecular weight excluding hydrogens is 370 g/mol. The van der Waals surface area contributed by atoms with E-state index in [1.54, 1.807) is 4.52 Å². The highest BCUT2D eigenvalue weighted by Gasteiger charge is 2.17. The highest BCUT2D eigenvalue weighted by Crippen LogP contribution is 2.17. The second-order valence-electron chi connectivity index (χ2n) is 7.01. The third-order valence-corrected chi connectivity index (χ3v) is 4.90. The van der Waals surface area contributed by atoms with Gasteiger partial charge < -0.3 is 10.1 Å². The normalized spacial score (nSPS) is 12.0. The molecule has 0 fully saturated rings. The van der Waals surface area contributed by atoms with Crippen molar-refractivity contribution in [2.24, 2.45) is 0 Å². The first-order valence-corrected chi connectivity index (χ1v) is 9.56. The molecule has 0 spiro atoms. The van der Waals surface area contributed by atoms with E-state index in [4.69, 9.17) is 4.74 Å². The topological polar surface area (TPSA) is 98.5 Å². The van der Waals surface area contributed by atoms with Crippen LogP contribution >= 0.6 is 0 Å². The van der Waals surface area contributed by atoms with Crippen molar-refractivity contribution in [3.05, 3.63) is 58.7 Å². The molecule has 1 aromatic carbocycles. The molecular formula is C21H25N5O3. The van der Waals surface area contributed by atoms with Gasteiger partial charge in [-0.3, -0.25) is 9.59 Å². The maximum atomic E-state index is 12.3. The van der Waals surface area contributed by atoms with Crippen molar-refractivity contribution in [2.75, 3.05) is 6.61 Å². The summed E-state index contributed by atoms with van der Waals surface area (Å²) in [5.41, 5.74) is 4.37. The minimum atomic E-state index is -0.490. The van der Waals surface area contributed by atoms with Crippen molar-refractivity contribution in [1.82, 2.24) is 24.9 Å². The van der Waals surface area contributed by atoms with Crippen LogP contribution in [0.3, 0.4) is 0 Å². The number of nitrogens with zero attached hydrogens (tertiary/aromatic N) is 4. The SMILES string of the molecule is CC[C@@H](NC(=O)COC(=O)Cc1c(C)nc2ncnn2c1C)c1ccc(C)cc1. The van der Waals surface area contributed by atoms with Crippen LogP contribution in [-0.2, 0) is 20.7 Å². The molecule has 1 amide bonds. The Morgan fingerprint density at radius 1 is 1.17 bits per heavy atom. The fraction of sp³-hybridized carbons (Fsp3) is 0.381. The predicted octanol–water partition coefficient (Wildman–Crippen LogP) is 2.40. The molecule has 1 N–H and O–H groups in total. The molecule has 0 bridgehead atoms. The van der Waals surface area contributed by atoms with Gasteiger partial charge in [0.15, 0.2) is 6.61 Å². The number of carbonyl (C=O) groups excluding carboxylic acids is 2. The number of hydrogen-bond acceptors (Lipinski definition) is 6. The maximum Gasteiger partial charge on any atom is 0.310 e. The van der Waals surface area contributed by atoms with Crippen LogP contribution in [0.2, 0.25) is 0 Å². The Morgan fingerprint density at radius 2 is 1.90 bits per heavy atom. The lowest BCUT2D eigenvalue weighted by Crippen LogP contribution is -2.32. The molecule has 0 unspecified atom stereocenters. The highest BCUT2D eigenvalue weighted by atomic mass is 16.5. The van der Waals surface area contributed by atoms with E-state index < -0.39 is 5.97 Å². The summed E-state index contributed by atoms with van der Waals surface area (Å²) in [4.78, 5) is 32.9. The number of amides is 1. The molecule has 2 heterocycles. The Hall–Kier alpha value is -3.29. The molecule has 0 radical (unpaired) electrons. The van der Waals surface area contributed by atoms with Crippen LogP contribution in [0.5, 0.6) is 0 Å². The van der Waals surface area contributed by atoms with Crippen molar-refractivity contribution in [1.29, 1.82) is 0 Å². The standard InChI is InChI=1S/C21H25N5O3/c1-5-18(16-8-6-13(2)7-9-16)25-19(27)11-29-20(28)10-17-14(3)24-21-22-12-23-26(21)15(17)4/h6-9,12,18H,5,10-11H2,1-4H3,(H,25,27)/t18-/m1/s1. The van der Waals surface area contributed by atoms with E-state index in [9.17, 15) is 9.59 Å². The molecule has 0 aliphatic rings. The van der Waals surface area contributed by atoms with E-state index in [0.29, 0.717) is 11.5 Å². The molecule has 0 aliphatic carbocycles. The molecule has 8 nitrogen and oxygen atoms in total. The number of esters is 1. The number of benzene rings is 1. The van der Waals surface area contributed by atoms with Gasteiger partial charge in [0.05, 0.1) is 12.5 Å². The molecule has 1 atom stereocenters. The average Bonchev–Trinajstić information content (AvgIpc) is 3.17. The lowest BCUT2D eigenvalue weighted by atomic mass is 10.0. The van der Waals surface area contributed by atoms with E-state index >= 15 is 0 Å². The number of rotatable bonds is 7. The van der Waals surface area contributed by atoms with Gasteiger partial charge in [0, 0.05) is 17.0 Å². The van der Waals surface area contributed by atoms with Gasteiger partial charge >= 0.3 is 5.97 Å². The Balaban J connectivity index is 1.57. The van der Waals surface area contributed by atoms with Crippen LogP contribution in [0.1, 0.15) is 47.5 Å². The molecule has 2 aromatic heterocycles. The van der Waals surface area contributed by atoms with Gasteiger partial charge in [-0.2, -0.15) is 10.1 Å². The zero-order valence-corrected chi connectivity index (χ0v) is 17.1. The predicted molar refractivity (Wildman–Crippen MR) is 107 cm³/mol. The van der Waals surface area contributed by atoms with Crippen molar-refractivity contribution < 1.29 is 14.3 Å². The third kappa shape index (κ3) is 4.77. The average molecular weight is 395 g/mol. The first-order valence-electron chi connectivity index (χ1n) is 9.56. The second-order valence-corrected chi connectivity index (χ2v) is 7.01. The summed E-state index contributed by atoms with van der Waals surface area (Å²) in [6.07, 6.45) is 2.17. The molecule has 3 rings (SSSR count). The van der Waals surface area contributed by atoms with Crippen LogP contribution < -0.4 is 5.32 Å². The Labute approximate surface area is 169 Å². The van der Waals surface area contributed by atoms with Gasteiger partial charge in [0.1, 0.15) is 6.33 Å². The van der Waals surface area contributed by atoms with Crippen LogP contribution in [0.25, 0.3) is 5.78 Å². The number of aryl methyl sites for hydroxylation is 3. The van der Waals surface area contributed by atoms with Crippen LogP contribution in [0.15, 0.2) is 30.6 Å². The molecule has 29 heavy (non-hydrogen) atoms. The van der Waals surface area contributed by atoms with E-state index in [1.807, 2.05) is 52.0 Å². The number of nitrogens with one attached hydrogen (secondary N) is 1. The van der Waals surface area contributed by atoms with E-state index in [1.165, 1.54) is 6.33 Å². The van der Waals surface area contributed by atoms with Crippen LogP contribution in [0.4, 0.5) is 0 Å². The quantitative estimate of drug-likeness (QED) is 0.617. The lowest BCUT2D eigenvalue weighted by molar-refractivity contribution is -0.148. The number of carbonyl (C=O) groups is 2. The molecule has 8 heteroatoms. The van der Waals surface area contributed by atoms with Crippen molar-refractivity contribution >= 4 is 17.7 Å². The summed E-state index contributed by atoms with van der Waals surface area (Å²) >= 11 is 0. The van der Waals surface area contributed by atoms with Gasteiger partial charge in [0.25, 0.3) is 11.7 Å². The minimum absolute atomic E-state index is 0.0168. The highest BCUT2D eigenvalue weighted by molar-refractivity contribution is 5.81. The summed E-state index contributed by atoms with van der Waals surface area (Å²) in [5, 5.41) is 7.02. The summed E-state index contributed by atoms with van der Waals surface area (Å²) in [6.45, 7) is 7.35. The summed E-state index contributed by atoms with van der Waals surface area (Å²) < 4.78 is 6.77. The molecule has 0 aliphatic heterocycles. The molecule has 152 valence electrons. The number of fused-ring (bicyclic) bond motifs is 1. The Bertz CT molecular complexity index is 1030. The van der Waals surface area contributed by atoms with Gasteiger partial charge in [-0.1, -0.05) is 36.8 Å². The number of hydrogen-bond donors (Lipinski definition) is 1. The monoisotopic (exact) mass is 395 g/mol. The lowest BCUT2D eigenvalue weighted by Gasteiger charge is -2.18. The first kappa shape index (κ1) is 20.4. The maximum absolute atomic E-state index is 12.3. The smallest absolute Gasteiger partial charge is 0.310 e. The summed E-state index contributed by atoms with van der Waals surface area (Å²) in [5.74, 6) is -0.335. The summed E-state index contributed by atoms with van der Waals surface area (Å²) in [6, 6.07) is 7.89. The largest absolute Gasteiger partial charge is 0.455 e. The first-order chi connectivity index (χ1) is 13.9. The molecule has 3 aromatic rings. The van der Waals surface area contributed by atoms with Crippen LogP contribution in [-0.4, -0.2) is 38.1 Å².